The normalized spacial score (nSPS) is 20.4. The Kier molecular flexibility index (Phi) is 6.06. The molecular weight excluding hydrogens is 318 g/mol. The van der Waals surface area contributed by atoms with E-state index in [2.05, 4.69) is 6.92 Å². The summed E-state index contributed by atoms with van der Waals surface area (Å²) in [4.78, 5) is 0. The molecule has 2 aromatic rings. The third kappa shape index (κ3) is 4.59. The van der Waals surface area contributed by atoms with Gasteiger partial charge in [0, 0.05) is 0 Å². The standard InChI is InChI=1S/C22H26F2O/c1-2-6-16-9-11-18(12-10-16)19-13-20(23)22(21(24)14-19)25-15-17-7-4-3-5-8-17/h3-5,7-8,13-14,16,18H,2,6,9-12,15H2,1H3. The van der Waals surface area contributed by atoms with Crippen LogP contribution in [0, 0.1) is 17.6 Å². The van der Waals surface area contributed by atoms with Gasteiger partial charge in [-0.3, -0.25) is 0 Å². The van der Waals surface area contributed by atoms with Crippen molar-refractivity contribution in [1.82, 2.24) is 0 Å². The van der Waals surface area contributed by atoms with E-state index in [9.17, 15) is 8.78 Å². The second kappa shape index (κ2) is 8.46. The van der Waals surface area contributed by atoms with E-state index in [0.29, 0.717) is 0 Å². The summed E-state index contributed by atoms with van der Waals surface area (Å²) in [5.41, 5.74) is 1.66. The predicted octanol–water partition coefficient (Wildman–Crippen LogP) is 6.62. The molecule has 1 aliphatic carbocycles. The summed E-state index contributed by atoms with van der Waals surface area (Å²) in [6.07, 6.45) is 6.84. The molecule has 3 heteroatoms. The van der Waals surface area contributed by atoms with Crippen LogP contribution >= 0.6 is 0 Å². The molecule has 0 aromatic heterocycles. The average molecular weight is 344 g/mol. The van der Waals surface area contributed by atoms with Crippen molar-refractivity contribution in [3.8, 4) is 5.75 Å². The highest BCUT2D eigenvalue weighted by Crippen LogP contribution is 2.39. The third-order valence-electron chi connectivity index (χ3n) is 5.26. The zero-order chi connectivity index (χ0) is 17.6. The molecule has 0 amide bonds. The van der Waals surface area contributed by atoms with Crippen molar-refractivity contribution in [3.63, 3.8) is 0 Å². The number of hydrogen-bond acceptors (Lipinski definition) is 1. The maximum atomic E-state index is 14.4. The second-order valence-electron chi connectivity index (χ2n) is 7.09. The first-order valence-corrected chi connectivity index (χ1v) is 9.33. The number of benzene rings is 2. The van der Waals surface area contributed by atoms with Crippen LogP contribution in [-0.4, -0.2) is 0 Å². The molecule has 0 N–H and O–H groups in total. The van der Waals surface area contributed by atoms with Gasteiger partial charge in [0.2, 0.25) is 0 Å². The van der Waals surface area contributed by atoms with Gasteiger partial charge < -0.3 is 4.74 Å². The van der Waals surface area contributed by atoms with Gasteiger partial charge in [0.05, 0.1) is 0 Å². The number of rotatable bonds is 6. The van der Waals surface area contributed by atoms with Crippen LogP contribution in [-0.2, 0) is 6.61 Å². The maximum Gasteiger partial charge on any atom is 0.191 e. The first kappa shape index (κ1) is 17.9. The maximum absolute atomic E-state index is 14.4. The van der Waals surface area contributed by atoms with Crippen molar-refractivity contribution < 1.29 is 13.5 Å². The number of halogens is 2. The van der Waals surface area contributed by atoms with Crippen molar-refractivity contribution in [2.24, 2.45) is 5.92 Å². The Morgan fingerprint density at radius 1 is 0.960 bits per heavy atom. The van der Waals surface area contributed by atoms with E-state index >= 15 is 0 Å². The van der Waals surface area contributed by atoms with E-state index in [4.69, 9.17) is 4.74 Å². The van der Waals surface area contributed by atoms with Crippen molar-refractivity contribution in [2.75, 3.05) is 0 Å². The monoisotopic (exact) mass is 344 g/mol. The molecule has 1 nitrogen and oxygen atoms in total. The van der Waals surface area contributed by atoms with Crippen LogP contribution in [0.4, 0.5) is 8.78 Å². The Labute approximate surface area is 149 Å². The lowest BCUT2D eigenvalue weighted by atomic mass is 9.77. The highest BCUT2D eigenvalue weighted by molar-refractivity contribution is 5.33. The Bertz CT molecular complexity index is 653. The van der Waals surface area contributed by atoms with Crippen LogP contribution < -0.4 is 4.74 Å². The highest BCUT2D eigenvalue weighted by atomic mass is 19.1. The Hall–Kier alpha value is -1.90. The minimum absolute atomic E-state index is 0.163. The second-order valence-corrected chi connectivity index (χ2v) is 7.09. The molecule has 25 heavy (non-hydrogen) atoms. The molecule has 1 aliphatic rings. The third-order valence-corrected chi connectivity index (χ3v) is 5.26. The van der Waals surface area contributed by atoms with Gasteiger partial charge in [-0.15, -0.1) is 0 Å². The van der Waals surface area contributed by atoms with Gasteiger partial charge in [-0.05, 0) is 60.8 Å². The van der Waals surface area contributed by atoms with Gasteiger partial charge >= 0.3 is 0 Å². The smallest absolute Gasteiger partial charge is 0.191 e. The summed E-state index contributed by atoms with van der Waals surface area (Å²) in [6, 6.07) is 12.3. The van der Waals surface area contributed by atoms with Gasteiger partial charge in [-0.2, -0.15) is 0 Å². The predicted molar refractivity (Wildman–Crippen MR) is 96.7 cm³/mol. The van der Waals surface area contributed by atoms with Gasteiger partial charge in [0.25, 0.3) is 0 Å². The molecule has 2 aromatic carbocycles. The molecule has 0 saturated heterocycles. The summed E-state index contributed by atoms with van der Waals surface area (Å²) in [5.74, 6) is -0.416. The van der Waals surface area contributed by atoms with Crippen molar-refractivity contribution in [2.45, 2.75) is 58.0 Å². The Balaban J connectivity index is 1.66. The molecule has 0 bridgehead atoms. The van der Waals surface area contributed by atoms with Crippen LogP contribution in [0.5, 0.6) is 5.75 Å². The topological polar surface area (TPSA) is 9.23 Å². The van der Waals surface area contributed by atoms with E-state index in [1.807, 2.05) is 30.3 Å². The molecule has 0 heterocycles. The van der Waals surface area contributed by atoms with E-state index in [1.165, 1.54) is 25.0 Å². The van der Waals surface area contributed by atoms with Crippen molar-refractivity contribution in [3.05, 3.63) is 65.2 Å². The molecule has 0 atom stereocenters. The summed E-state index contributed by atoms with van der Waals surface area (Å²) in [5, 5.41) is 0. The number of ether oxygens (including phenoxy) is 1. The van der Waals surface area contributed by atoms with E-state index < -0.39 is 11.6 Å². The molecule has 0 unspecified atom stereocenters. The zero-order valence-electron chi connectivity index (χ0n) is 14.8. The molecule has 0 radical (unpaired) electrons. The first-order valence-electron chi connectivity index (χ1n) is 9.33. The summed E-state index contributed by atoms with van der Waals surface area (Å²) in [7, 11) is 0. The summed E-state index contributed by atoms with van der Waals surface area (Å²) in [6.45, 7) is 2.38. The van der Waals surface area contributed by atoms with Gasteiger partial charge in [0.15, 0.2) is 17.4 Å². The van der Waals surface area contributed by atoms with Gasteiger partial charge in [-0.1, -0.05) is 50.1 Å². The first-order chi connectivity index (χ1) is 12.2. The molecular formula is C22H26F2O. The lowest BCUT2D eigenvalue weighted by Crippen LogP contribution is -2.14. The van der Waals surface area contributed by atoms with Crippen LogP contribution in [0.3, 0.4) is 0 Å². The fraction of sp³-hybridized carbons (Fsp3) is 0.455. The van der Waals surface area contributed by atoms with E-state index in [-0.39, 0.29) is 18.3 Å². The Morgan fingerprint density at radius 3 is 2.20 bits per heavy atom. The van der Waals surface area contributed by atoms with Crippen LogP contribution in [0.15, 0.2) is 42.5 Å². The summed E-state index contributed by atoms with van der Waals surface area (Å²) >= 11 is 0. The largest absolute Gasteiger partial charge is 0.483 e. The molecule has 0 aliphatic heterocycles. The fourth-order valence-corrected chi connectivity index (χ4v) is 3.88. The van der Waals surface area contributed by atoms with E-state index in [1.54, 1.807) is 0 Å². The lowest BCUT2D eigenvalue weighted by Gasteiger charge is -2.28. The summed E-state index contributed by atoms with van der Waals surface area (Å²) < 4.78 is 34.2. The molecule has 134 valence electrons. The molecule has 1 fully saturated rings. The molecule has 1 saturated carbocycles. The zero-order valence-corrected chi connectivity index (χ0v) is 14.8. The van der Waals surface area contributed by atoms with Crippen LogP contribution in [0.1, 0.15) is 62.5 Å². The van der Waals surface area contributed by atoms with Gasteiger partial charge in [0.1, 0.15) is 6.61 Å². The van der Waals surface area contributed by atoms with Crippen LogP contribution in [0.2, 0.25) is 0 Å². The highest BCUT2D eigenvalue weighted by Gasteiger charge is 2.24. The molecule has 0 spiro atoms. The SMILES string of the molecule is CCCC1CCC(c2cc(F)c(OCc3ccccc3)c(F)c2)CC1. The fourth-order valence-electron chi connectivity index (χ4n) is 3.88. The molecule has 3 rings (SSSR count). The van der Waals surface area contributed by atoms with Crippen LogP contribution in [0.25, 0.3) is 0 Å². The minimum atomic E-state index is -0.596. The van der Waals surface area contributed by atoms with Crippen molar-refractivity contribution >= 4 is 0 Å². The lowest BCUT2D eigenvalue weighted by molar-refractivity contribution is 0.272. The van der Waals surface area contributed by atoms with Crippen molar-refractivity contribution in [1.29, 1.82) is 0 Å². The Morgan fingerprint density at radius 2 is 1.60 bits per heavy atom. The number of hydrogen-bond donors (Lipinski definition) is 0. The quantitative estimate of drug-likeness (QED) is 0.572. The minimum Gasteiger partial charge on any atom is -0.483 e. The van der Waals surface area contributed by atoms with E-state index in [0.717, 1.165) is 42.7 Å². The average Bonchev–Trinajstić information content (AvgIpc) is 2.63. The van der Waals surface area contributed by atoms with Gasteiger partial charge in [-0.25, -0.2) is 8.78 Å².